The zero-order valence-electron chi connectivity index (χ0n) is 8.88. The summed E-state index contributed by atoms with van der Waals surface area (Å²) in [6.45, 7) is 5.76. The molecule has 4 nitrogen and oxygen atoms in total. The Morgan fingerprint density at radius 1 is 1.27 bits per heavy atom. The van der Waals surface area contributed by atoms with E-state index in [4.69, 9.17) is 5.11 Å². The van der Waals surface area contributed by atoms with Gasteiger partial charge in [-0.05, 0) is 20.8 Å². The SMILES string of the molecule is CCNC(=O)c1c(C)sc(C)c1C(=O)O. The van der Waals surface area contributed by atoms with E-state index >= 15 is 0 Å². The number of nitrogens with one attached hydrogen (secondary N) is 1. The van der Waals surface area contributed by atoms with Gasteiger partial charge in [-0.2, -0.15) is 0 Å². The molecule has 2 N–H and O–H groups in total. The molecule has 0 spiro atoms. The highest BCUT2D eigenvalue weighted by Crippen LogP contribution is 2.27. The van der Waals surface area contributed by atoms with Crippen LogP contribution in [0.2, 0.25) is 0 Å². The van der Waals surface area contributed by atoms with Gasteiger partial charge >= 0.3 is 5.97 Å². The molecule has 1 rings (SSSR count). The maximum atomic E-state index is 11.6. The van der Waals surface area contributed by atoms with E-state index < -0.39 is 5.97 Å². The van der Waals surface area contributed by atoms with Gasteiger partial charge in [0.25, 0.3) is 5.91 Å². The van der Waals surface area contributed by atoms with Gasteiger partial charge in [-0.25, -0.2) is 4.79 Å². The number of carboxylic acid groups (broad SMARTS) is 1. The number of thiophene rings is 1. The van der Waals surface area contributed by atoms with Gasteiger partial charge in [-0.3, -0.25) is 4.79 Å². The predicted octanol–water partition coefficient (Wildman–Crippen LogP) is 1.81. The monoisotopic (exact) mass is 227 g/mol. The maximum absolute atomic E-state index is 11.6. The third-order valence-corrected chi connectivity index (χ3v) is 3.06. The Kier molecular flexibility index (Phi) is 3.47. The van der Waals surface area contributed by atoms with E-state index in [1.165, 1.54) is 11.3 Å². The zero-order valence-corrected chi connectivity index (χ0v) is 9.70. The predicted molar refractivity (Wildman–Crippen MR) is 58.8 cm³/mol. The van der Waals surface area contributed by atoms with Gasteiger partial charge in [0.1, 0.15) is 0 Å². The second-order valence-electron chi connectivity index (χ2n) is 3.13. The zero-order chi connectivity index (χ0) is 11.6. The molecule has 1 aromatic heterocycles. The maximum Gasteiger partial charge on any atom is 0.337 e. The highest BCUT2D eigenvalue weighted by Gasteiger charge is 2.23. The van der Waals surface area contributed by atoms with E-state index in [1.54, 1.807) is 20.8 Å². The van der Waals surface area contributed by atoms with Gasteiger partial charge in [-0.1, -0.05) is 0 Å². The molecule has 1 amide bonds. The first kappa shape index (κ1) is 11.7. The molecule has 1 aromatic rings. The van der Waals surface area contributed by atoms with Crippen LogP contribution in [0.25, 0.3) is 0 Å². The first-order chi connectivity index (χ1) is 6.99. The van der Waals surface area contributed by atoms with Crippen LogP contribution in [0, 0.1) is 13.8 Å². The standard InChI is InChI=1S/C10H13NO3S/c1-4-11-9(12)7-5(2)15-6(3)8(7)10(13)14/h4H2,1-3H3,(H,11,12)(H,13,14). The summed E-state index contributed by atoms with van der Waals surface area (Å²) in [5, 5.41) is 11.6. The molecule has 0 radical (unpaired) electrons. The highest BCUT2D eigenvalue weighted by molar-refractivity contribution is 7.12. The molecule has 0 aliphatic heterocycles. The number of rotatable bonds is 3. The quantitative estimate of drug-likeness (QED) is 0.827. The van der Waals surface area contributed by atoms with Crippen molar-refractivity contribution in [1.82, 2.24) is 5.32 Å². The lowest BCUT2D eigenvalue weighted by Crippen LogP contribution is -2.24. The van der Waals surface area contributed by atoms with Crippen molar-refractivity contribution in [1.29, 1.82) is 0 Å². The van der Waals surface area contributed by atoms with Crippen LogP contribution in [0.4, 0.5) is 0 Å². The molecule has 0 saturated heterocycles. The van der Waals surface area contributed by atoms with Gasteiger partial charge in [0.15, 0.2) is 0 Å². The fourth-order valence-corrected chi connectivity index (χ4v) is 2.51. The summed E-state index contributed by atoms with van der Waals surface area (Å²) in [5.41, 5.74) is 0.426. The van der Waals surface area contributed by atoms with E-state index in [9.17, 15) is 9.59 Å². The van der Waals surface area contributed by atoms with Gasteiger partial charge in [-0.15, -0.1) is 11.3 Å². The summed E-state index contributed by atoms with van der Waals surface area (Å²) in [6.07, 6.45) is 0. The number of hydrogen-bond donors (Lipinski definition) is 2. The second kappa shape index (κ2) is 4.44. The van der Waals surface area contributed by atoms with Crippen LogP contribution in [-0.2, 0) is 0 Å². The van der Waals surface area contributed by atoms with Crippen molar-refractivity contribution in [2.45, 2.75) is 20.8 Å². The summed E-state index contributed by atoms with van der Waals surface area (Å²) in [5.74, 6) is -1.35. The molecule has 0 bridgehead atoms. The first-order valence-corrected chi connectivity index (χ1v) is 5.42. The van der Waals surface area contributed by atoms with Crippen molar-refractivity contribution in [3.05, 3.63) is 20.9 Å². The van der Waals surface area contributed by atoms with Crippen LogP contribution in [-0.4, -0.2) is 23.5 Å². The molecule has 0 aliphatic rings. The van der Waals surface area contributed by atoms with Crippen molar-refractivity contribution in [3.8, 4) is 0 Å². The van der Waals surface area contributed by atoms with E-state index in [-0.39, 0.29) is 11.5 Å². The van der Waals surface area contributed by atoms with Gasteiger partial charge in [0.2, 0.25) is 0 Å². The number of carboxylic acids is 1. The lowest BCUT2D eigenvalue weighted by Gasteiger charge is -2.03. The third-order valence-electron chi connectivity index (χ3n) is 2.04. The average molecular weight is 227 g/mol. The minimum atomic E-state index is -1.04. The van der Waals surface area contributed by atoms with E-state index in [0.717, 1.165) is 4.88 Å². The first-order valence-electron chi connectivity index (χ1n) is 4.60. The number of aryl methyl sites for hydroxylation is 2. The fraction of sp³-hybridized carbons (Fsp3) is 0.400. The van der Waals surface area contributed by atoms with E-state index in [2.05, 4.69) is 5.32 Å². The fourth-order valence-electron chi connectivity index (χ4n) is 1.46. The molecule has 1 heterocycles. The average Bonchev–Trinajstić information content (AvgIpc) is 2.41. The molecular weight excluding hydrogens is 214 g/mol. The van der Waals surface area contributed by atoms with Crippen molar-refractivity contribution in [2.75, 3.05) is 6.54 Å². The Morgan fingerprint density at radius 2 is 1.80 bits per heavy atom. The Hall–Kier alpha value is -1.36. The molecule has 0 fully saturated rings. The van der Waals surface area contributed by atoms with Gasteiger partial charge < -0.3 is 10.4 Å². The molecule has 5 heteroatoms. The largest absolute Gasteiger partial charge is 0.478 e. The second-order valence-corrected chi connectivity index (χ2v) is 4.56. The minimum absolute atomic E-state index is 0.128. The van der Waals surface area contributed by atoms with Crippen LogP contribution in [0.1, 0.15) is 37.4 Å². The molecule has 0 aromatic carbocycles. The van der Waals surface area contributed by atoms with E-state index in [1.807, 2.05) is 0 Å². The number of hydrogen-bond acceptors (Lipinski definition) is 3. The van der Waals surface area contributed by atoms with Gasteiger partial charge in [0, 0.05) is 16.3 Å². The summed E-state index contributed by atoms with van der Waals surface area (Å²) < 4.78 is 0. The molecule has 0 unspecified atom stereocenters. The van der Waals surface area contributed by atoms with Crippen molar-refractivity contribution in [3.63, 3.8) is 0 Å². The van der Waals surface area contributed by atoms with Crippen LogP contribution < -0.4 is 5.32 Å². The van der Waals surface area contributed by atoms with Gasteiger partial charge in [0.05, 0.1) is 11.1 Å². The van der Waals surface area contributed by atoms with E-state index in [0.29, 0.717) is 17.0 Å². The Morgan fingerprint density at radius 3 is 2.27 bits per heavy atom. The summed E-state index contributed by atoms with van der Waals surface area (Å²) in [6, 6.07) is 0. The molecule has 15 heavy (non-hydrogen) atoms. The Labute approximate surface area is 91.9 Å². The van der Waals surface area contributed by atoms with Crippen LogP contribution >= 0.6 is 11.3 Å². The van der Waals surface area contributed by atoms with Crippen LogP contribution in [0.15, 0.2) is 0 Å². The van der Waals surface area contributed by atoms with Crippen molar-refractivity contribution in [2.24, 2.45) is 0 Å². The smallest absolute Gasteiger partial charge is 0.337 e. The Bertz CT molecular complexity index is 409. The number of carbonyl (C=O) groups is 2. The molecule has 82 valence electrons. The molecule has 0 saturated carbocycles. The topological polar surface area (TPSA) is 66.4 Å². The number of aromatic carboxylic acids is 1. The lowest BCUT2D eigenvalue weighted by atomic mass is 10.1. The Balaban J connectivity index is 3.26. The highest BCUT2D eigenvalue weighted by atomic mass is 32.1. The molecular formula is C10H13NO3S. The summed E-state index contributed by atoms with van der Waals surface area (Å²) >= 11 is 1.34. The van der Waals surface area contributed by atoms with Crippen molar-refractivity contribution < 1.29 is 14.7 Å². The minimum Gasteiger partial charge on any atom is -0.478 e. The normalized spacial score (nSPS) is 10.1. The molecule has 0 atom stereocenters. The summed E-state index contributed by atoms with van der Waals surface area (Å²) in [4.78, 5) is 24.0. The van der Waals surface area contributed by atoms with Crippen molar-refractivity contribution >= 4 is 23.2 Å². The van der Waals surface area contributed by atoms with Crippen LogP contribution in [0.5, 0.6) is 0 Å². The molecule has 0 aliphatic carbocycles. The third kappa shape index (κ3) is 2.18. The summed E-state index contributed by atoms with van der Waals surface area (Å²) in [7, 11) is 0. The number of carbonyl (C=O) groups excluding carboxylic acids is 1. The lowest BCUT2D eigenvalue weighted by molar-refractivity contribution is 0.0691. The number of amides is 1. The van der Waals surface area contributed by atoms with Crippen LogP contribution in [0.3, 0.4) is 0 Å².